The Bertz CT molecular complexity index is 446. The molecule has 0 spiro atoms. The predicted octanol–water partition coefficient (Wildman–Crippen LogP) is 3.26. The molecule has 0 aromatic carbocycles. The van der Waals surface area contributed by atoms with Crippen molar-refractivity contribution < 1.29 is 4.79 Å². The van der Waals surface area contributed by atoms with Gasteiger partial charge in [-0.3, -0.25) is 0 Å². The van der Waals surface area contributed by atoms with Crippen LogP contribution in [0, 0.1) is 0 Å². The Labute approximate surface area is 109 Å². The molecule has 1 aliphatic carbocycles. The molecule has 0 fully saturated rings. The van der Waals surface area contributed by atoms with Crippen molar-refractivity contribution in [2.24, 2.45) is 5.73 Å². The first-order valence-corrected chi connectivity index (χ1v) is 6.32. The van der Waals surface area contributed by atoms with Crippen LogP contribution in [0.5, 0.6) is 0 Å². The Balaban J connectivity index is 2.60. The van der Waals surface area contributed by atoms with Crippen LogP contribution in [-0.2, 0) is 4.79 Å². The van der Waals surface area contributed by atoms with Crippen molar-refractivity contribution in [3.8, 4) is 0 Å². The first-order valence-electron chi connectivity index (χ1n) is 6.32. The minimum absolute atomic E-state index is 0.648. The number of hydrogen-bond donors (Lipinski definition) is 1. The van der Waals surface area contributed by atoms with Crippen LogP contribution in [0.15, 0.2) is 53.2 Å². The Morgan fingerprint density at radius 2 is 2.33 bits per heavy atom. The maximum absolute atomic E-state index is 10.3. The highest BCUT2D eigenvalue weighted by atomic mass is 16.1. The molecule has 0 saturated carbocycles. The first kappa shape index (κ1) is 14.4. The molecule has 0 unspecified atom stereocenters. The van der Waals surface area contributed by atoms with Crippen LogP contribution >= 0.6 is 0 Å². The fraction of sp³-hybridized carbons (Fsp3) is 0.375. The summed E-state index contributed by atoms with van der Waals surface area (Å²) in [5.41, 5.74) is 10.3. The quantitative estimate of drug-likeness (QED) is 0.574. The zero-order valence-electron chi connectivity index (χ0n) is 11.0. The topological polar surface area (TPSA) is 43.1 Å². The highest BCUT2D eigenvalue weighted by Crippen LogP contribution is 2.26. The third kappa shape index (κ3) is 4.70. The van der Waals surface area contributed by atoms with Crippen molar-refractivity contribution in [1.82, 2.24) is 0 Å². The van der Waals surface area contributed by atoms with Crippen LogP contribution in [-0.4, -0.2) is 12.5 Å². The van der Waals surface area contributed by atoms with Crippen molar-refractivity contribution in [3.63, 3.8) is 0 Å². The summed E-state index contributed by atoms with van der Waals surface area (Å²) in [4.78, 5) is 10.3. The molecule has 18 heavy (non-hydrogen) atoms. The van der Waals surface area contributed by atoms with Gasteiger partial charge in [0.2, 0.25) is 0 Å². The van der Waals surface area contributed by atoms with Gasteiger partial charge in [-0.05, 0) is 44.7 Å². The zero-order valence-corrected chi connectivity index (χ0v) is 11.0. The van der Waals surface area contributed by atoms with Crippen LogP contribution in [0.1, 0.15) is 32.6 Å². The lowest BCUT2D eigenvalue weighted by atomic mass is 9.91. The maximum Gasteiger partial charge on any atom is 0.124 e. The van der Waals surface area contributed by atoms with Gasteiger partial charge in [0.25, 0.3) is 0 Å². The third-order valence-corrected chi connectivity index (χ3v) is 3.10. The minimum atomic E-state index is 0.648. The Hall–Kier alpha value is -1.63. The monoisotopic (exact) mass is 243 g/mol. The Morgan fingerprint density at radius 1 is 1.56 bits per heavy atom. The third-order valence-electron chi connectivity index (χ3n) is 3.10. The first-order chi connectivity index (χ1) is 8.67. The number of allylic oxidation sites excluding steroid dienone is 7. The fourth-order valence-corrected chi connectivity index (χ4v) is 2.03. The molecular formula is C16H21NO. The molecule has 0 aromatic rings. The molecule has 96 valence electrons. The van der Waals surface area contributed by atoms with Crippen molar-refractivity contribution in [3.05, 3.63) is 53.2 Å². The lowest BCUT2D eigenvalue weighted by Crippen LogP contribution is -1.98. The van der Waals surface area contributed by atoms with Gasteiger partial charge in [0.1, 0.15) is 5.94 Å². The van der Waals surface area contributed by atoms with Crippen molar-refractivity contribution >= 4 is 5.94 Å². The van der Waals surface area contributed by atoms with E-state index in [-0.39, 0.29) is 0 Å². The summed E-state index contributed by atoms with van der Waals surface area (Å²) < 4.78 is 0. The van der Waals surface area contributed by atoms with Crippen LogP contribution in [0.2, 0.25) is 0 Å². The summed E-state index contributed by atoms with van der Waals surface area (Å²) in [6.07, 6.45) is 11.5. The van der Waals surface area contributed by atoms with E-state index in [9.17, 15) is 4.79 Å². The zero-order chi connectivity index (χ0) is 13.4. The van der Waals surface area contributed by atoms with Gasteiger partial charge in [-0.2, -0.15) is 0 Å². The van der Waals surface area contributed by atoms with Gasteiger partial charge >= 0.3 is 0 Å². The smallest absolute Gasteiger partial charge is 0.124 e. The highest BCUT2D eigenvalue weighted by Gasteiger charge is 2.08. The van der Waals surface area contributed by atoms with Crippen molar-refractivity contribution in [1.29, 1.82) is 0 Å². The van der Waals surface area contributed by atoms with Gasteiger partial charge in [0.05, 0.1) is 0 Å². The number of rotatable bonds is 6. The second-order valence-corrected chi connectivity index (χ2v) is 4.57. The van der Waals surface area contributed by atoms with E-state index < -0.39 is 0 Å². The molecular weight excluding hydrogens is 222 g/mol. The average molecular weight is 243 g/mol. The van der Waals surface area contributed by atoms with Gasteiger partial charge in [-0.15, -0.1) is 0 Å². The van der Waals surface area contributed by atoms with E-state index in [2.05, 4.69) is 31.7 Å². The minimum Gasteiger partial charge on any atom is -0.330 e. The van der Waals surface area contributed by atoms with E-state index >= 15 is 0 Å². The normalized spacial score (nSPS) is 15.6. The summed E-state index contributed by atoms with van der Waals surface area (Å²) >= 11 is 0. The highest BCUT2D eigenvalue weighted by molar-refractivity contribution is 5.54. The molecule has 2 N–H and O–H groups in total. The van der Waals surface area contributed by atoms with Crippen molar-refractivity contribution in [2.75, 3.05) is 6.54 Å². The van der Waals surface area contributed by atoms with Gasteiger partial charge in [0, 0.05) is 6.08 Å². The fourth-order valence-electron chi connectivity index (χ4n) is 2.03. The van der Waals surface area contributed by atoms with E-state index in [4.69, 9.17) is 5.73 Å². The standard InChI is InChI=1S/C16H21NO/c1-13(8-10-17)4-3-5-16-7-6-15(9-11-18)12-14(16)2/h3-4,9,12H,1,5-8,10,17H2,2H3/b4-3-. The Morgan fingerprint density at radius 3 is 2.94 bits per heavy atom. The van der Waals surface area contributed by atoms with Gasteiger partial charge in [0.15, 0.2) is 0 Å². The van der Waals surface area contributed by atoms with Gasteiger partial charge in [-0.1, -0.05) is 41.5 Å². The van der Waals surface area contributed by atoms with Crippen LogP contribution in [0.25, 0.3) is 0 Å². The maximum atomic E-state index is 10.3. The number of carbonyl (C=O) groups excluding carboxylic acids is 1. The second kappa shape index (κ2) is 7.65. The molecule has 0 aromatic heterocycles. The van der Waals surface area contributed by atoms with Crippen LogP contribution < -0.4 is 5.73 Å². The van der Waals surface area contributed by atoms with E-state index in [1.807, 2.05) is 5.94 Å². The average Bonchev–Trinajstić information content (AvgIpc) is 2.33. The van der Waals surface area contributed by atoms with E-state index in [1.54, 1.807) is 0 Å². The molecule has 2 heteroatoms. The molecule has 0 amide bonds. The molecule has 1 rings (SSSR count). The summed E-state index contributed by atoms with van der Waals surface area (Å²) in [7, 11) is 0. The lowest BCUT2D eigenvalue weighted by molar-refractivity contribution is 0.568. The lowest BCUT2D eigenvalue weighted by Gasteiger charge is -2.14. The van der Waals surface area contributed by atoms with E-state index in [0.29, 0.717) is 6.54 Å². The molecule has 0 aliphatic heterocycles. The molecule has 0 saturated heterocycles. The van der Waals surface area contributed by atoms with E-state index in [1.165, 1.54) is 17.2 Å². The summed E-state index contributed by atoms with van der Waals surface area (Å²) in [6, 6.07) is 0. The number of hydrogen-bond acceptors (Lipinski definition) is 2. The largest absolute Gasteiger partial charge is 0.330 e. The predicted molar refractivity (Wildman–Crippen MR) is 76.8 cm³/mol. The molecule has 0 atom stereocenters. The summed E-state index contributed by atoms with van der Waals surface area (Å²) in [5, 5.41) is 0. The van der Waals surface area contributed by atoms with Crippen LogP contribution in [0.3, 0.4) is 0 Å². The summed E-state index contributed by atoms with van der Waals surface area (Å²) in [6.45, 7) is 6.68. The molecule has 0 radical (unpaired) electrons. The molecule has 0 heterocycles. The number of nitrogens with two attached hydrogens (primary N) is 1. The molecule has 0 bridgehead atoms. The second-order valence-electron chi connectivity index (χ2n) is 4.57. The van der Waals surface area contributed by atoms with Gasteiger partial charge < -0.3 is 5.73 Å². The van der Waals surface area contributed by atoms with E-state index in [0.717, 1.165) is 36.8 Å². The van der Waals surface area contributed by atoms with Crippen molar-refractivity contribution in [2.45, 2.75) is 32.6 Å². The summed E-state index contributed by atoms with van der Waals surface area (Å²) in [5.74, 6) is 1.84. The molecule has 2 nitrogen and oxygen atoms in total. The van der Waals surface area contributed by atoms with Crippen LogP contribution in [0.4, 0.5) is 0 Å². The van der Waals surface area contributed by atoms with Gasteiger partial charge in [-0.25, -0.2) is 4.79 Å². The SMILES string of the molecule is C=C(/C=C\CC1=C(C)C=C(C=C=O)CC1)CCN. The Kier molecular flexibility index (Phi) is 6.13. The molecule has 1 aliphatic rings.